The molecule has 2 amide bonds. The Kier molecular flexibility index (Phi) is 5.71. The van der Waals surface area contributed by atoms with Crippen molar-refractivity contribution in [3.05, 3.63) is 57.8 Å². The minimum absolute atomic E-state index is 0.219. The Hall–Kier alpha value is -2.84. The fourth-order valence-electron chi connectivity index (χ4n) is 3.10. The maximum atomic E-state index is 12.5. The Bertz CT molecular complexity index is 975. The lowest BCUT2D eigenvalue weighted by molar-refractivity contribution is -0.123. The normalized spacial score (nSPS) is 15.7. The molecule has 1 aliphatic heterocycles. The summed E-state index contributed by atoms with van der Waals surface area (Å²) in [5, 5.41) is 8.75. The Morgan fingerprint density at radius 2 is 1.89 bits per heavy atom. The van der Waals surface area contributed by atoms with E-state index in [0.717, 1.165) is 34.4 Å². The third-order valence-electron chi connectivity index (χ3n) is 4.52. The third-order valence-corrected chi connectivity index (χ3v) is 5.43. The number of rotatable bonds is 6. The molecule has 0 radical (unpaired) electrons. The van der Waals surface area contributed by atoms with E-state index in [-0.39, 0.29) is 23.3 Å². The van der Waals surface area contributed by atoms with Gasteiger partial charge in [-0.05, 0) is 67.6 Å². The zero-order valence-corrected chi connectivity index (χ0v) is 16.6. The average Bonchev–Trinajstić information content (AvgIpc) is 3.09. The van der Waals surface area contributed by atoms with Gasteiger partial charge in [-0.25, -0.2) is 4.79 Å². The van der Waals surface area contributed by atoms with Crippen LogP contribution in [0.25, 0.3) is 11.8 Å². The summed E-state index contributed by atoms with van der Waals surface area (Å²) < 4.78 is 6.93. The van der Waals surface area contributed by atoms with Gasteiger partial charge in [-0.15, -0.1) is 0 Å². The van der Waals surface area contributed by atoms with Gasteiger partial charge in [0.15, 0.2) is 0 Å². The first kappa shape index (κ1) is 19.9. The number of imide groups is 1. The molecule has 0 bridgehead atoms. The third kappa shape index (κ3) is 3.74. The first-order valence-corrected chi connectivity index (χ1v) is 9.42. The number of aromatic carboxylic acids is 1. The number of nitrogens with zero attached hydrogens (tertiary/aromatic N) is 2. The number of thioether (sulfide) groups is 1. The number of carbonyl (C=O) groups is 3. The van der Waals surface area contributed by atoms with Crippen molar-refractivity contribution in [1.82, 2.24) is 9.47 Å². The molecule has 1 fully saturated rings. The summed E-state index contributed by atoms with van der Waals surface area (Å²) >= 11 is 0.920. The fourth-order valence-corrected chi connectivity index (χ4v) is 3.96. The maximum absolute atomic E-state index is 12.5. The van der Waals surface area contributed by atoms with Crippen molar-refractivity contribution in [3.8, 4) is 5.69 Å². The van der Waals surface area contributed by atoms with E-state index in [0.29, 0.717) is 11.5 Å². The second kappa shape index (κ2) is 8.04. The molecule has 1 aromatic carbocycles. The van der Waals surface area contributed by atoms with Gasteiger partial charge in [-0.1, -0.05) is 0 Å². The molecule has 1 aliphatic rings. The molecular weight excluding hydrogens is 380 g/mol. The van der Waals surface area contributed by atoms with Gasteiger partial charge in [-0.3, -0.25) is 14.5 Å². The summed E-state index contributed by atoms with van der Waals surface area (Å²) in [6.45, 7) is 4.37. The van der Waals surface area contributed by atoms with Gasteiger partial charge in [-0.2, -0.15) is 0 Å². The molecular formula is C20H20N2O5S. The lowest BCUT2D eigenvalue weighted by Gasteiger charge is -2.11. The van der Waals surface area contributed by atoms with E-state index in [1.54, 1.807) is 30.3 Å². The number of aryl methyl sites for hydroxylation is 1. The van der Waals surface area contributed by atoms with Crippen LogP contribution in [0.1, 0.15) is 27.3 Å². The number of methoxy groups -OCH3 is 1. The van der Waals surface area contributed by atoms with Gasteiger partial charge in [0, 0.05) is 24.2 Å². The quantitative estimate of drug-likeness (QED) is 0.747. The first-order valence-electron chi connectivity index (χ1n) is 8.60. The largest absolute Gasteiger partial charge is 0.478 e. The van der Waals surface area contributed by atoms with Gasteiger partial charge in [0.05, 0.1) is 23.6 Å². The first-order chi connectivity index (χ1) is 13.3. The van der Waals surface area contributed by atoms with Gasteiger partial charge < -0.3 is 14.4 Å². The summed E-state index contributed by atoms with van der Waals surface area (Å²) in [5.41, 5.74) is 3.70. The predicted octanol–water partition coefficient (Wildman–Crippen LogP) is 3.48. The molecule has 1 N–H and O–H groups in total. The number of benzene rings is 1. The number of hydrogen-bond donors (Lipinski definition) is 1. The van der Waals surface area contributed by atoms with Crippen LogP contribution in [-0.4, -0.2) is 52.0 Å². The second-order valence-electron chi connectivity index (χ2n) is 6.34. The van der Waals surface area contributed by atoms with Crippen LogP contribution in [0, 0.1) is 13.8 Å². The molecule has 2 aromatic rings. The number of ether oxygens (including phenoxy) is 1. The van der Waals surface area contributed by atoms with Gasteiger partial charge in [0.2, 0.25) is 0 Å². The Morgan fingerprint density at radius 3 is 2.50 bits per heavy atom. The highest BCUT2D eigenvalue weighted by atomic mass is 32.2. The summed E-state index contributed by atoms with van der Waals surface area (Å²) in [5.74, 6) is -1.29. The number of aromatic nitrogens is 1. The summed E-state index contributed by atoms with van der Waals surface area (Å²) in [6.07, 6.45) is 1.72. The van der Waals surface area contributed by atoms with E-state index in [2.05, 4.69) is 0 Å². The van der Waals surface area contributed by atoms with E-state index in [9.17, 15) is 14.4 Å². The lowest BCUT2D eigenvalue weighted by atomic mass is 10.2. The summed E-state index contributed by atoms with van der Waals surface area (Å²) in [6, 6.07) is 8.52. The molecule has 0 aliphatic carbocycles. The molecule has 1 saturated heterocycles. The van der Waals surface area contributed by atoms with E-state index in [4.69, 9.17) is 9.84 Å². The van der Waals surface area contributed by atoms with Crippen LogP contribution in [0.4, 0.5) is 4.79 Å². The van der Waals surface area contributed by atoms with Gasteiger partial charge in [0.25, 0.3) is 11.1 Å². The number of amides is 2. The second-order valence-corrected chi connectivity index (χ2v) is 7.33. The smallest absolute Gasteiger partial charge is 0.335 e. The van der Waals surface area contributed by atoms with E-state index >= 15 is 0 Å². The van der Waals surface area contributed by atoms with Crippen molar-refractivity contribution in [2.45, 2.75) is 13.8 Å². The highest BCUT2D eigenvalue weighted by Crippen LogP contribution is 2.33. The monoisotopic (exact) mass is 400 g/mol. The van der Waals surface area contributed by atoms with Crippen LogP contribution in [0.3, 0.4) is 0 Å². The number of carboxylic acids is 1. The number of carbonyl (C=O) groups excluding carboxylic acids is 2. The molecule has 3 rings (SSSR count). The van der Waals surface area contributed by atoms with E-state index in [1.165, 1.54) is 12.0 Å². The van der Waals surface area contributed by atoms with Gasteiger partial charge >= 0.3 is 5.97 Å². The molecule has 146 valence electrons. The molecule has 0 atom stereocenters. The van der Waals surface area contributed by atoms with Crippen LogP contribution in [0.15, 0.2) is 35.2 Å². The zero-order valence-electron chi connectivity index (χ0n) is 15.8. The number of hydrogen-bond acceptors (Lipinski definition) is 5. The average molecular weight is 400 g/mol. The van der Waals surface area contributed by atoms with Crippen LogP contribution in [0.5, 0.6) is 0 Å². The molecule has 8 heteroatoms. The maximum Gasteiger partial charge on any atom is 0.335 e. The molecule has 0 unspecified atom stereocenters. The van der Waals surface area contributed by atoms with Gasteiger partial charge in [0.1, 0.15) is 0 Å². The Morgan fingerprint density at radius 1 is 1.21 bits per heavy atom. The molecule has 0 spiro atoms. The Labute approximate surface area is 166 Å². The lowest BCUT2D eigenvalue weighted by Crippen LogP contribution is -2.31. The minimum Gasteiger partial charge on any atom is -0.478 e. The summed E-state index contributed by atoms with van der Waals surface area (Å²) in [4.78, 5) is 37.2. The summed E-state index contributed by atoms with van der Waals surface area (Å²) in [7, 11) is 1.52. The van der Waals surface area contributed by atoms with Crippen LogP contribution in [-0.2, 0) is 9.53 Å². The van der Waals surface area contributed by atoms with Crippen molar-refractivity contribution in [2.75, 3.05) is 20.3 Å². The van der Waals surface area contributed by atoms with Crippen LogP contribution < -0.4 is 0 Å². The van der Waals surface area contributed by atoms with E-state index < -0.39 is 5.97 Å². The van der Waals surface area contributed by atoms with Crippen molar-refractivity contribution in [2.24, 2.45) is 0 Å². The van der Waals surface area contributed by atoms with Crippen molar-refractivity contribution >= 4 is 35.0 Å². The van der Waals surface area contributed by atoms with Crippen LogP contribution >= 0.6 is 11.8 Å². The zero-order chi connectivity index (χ0) is 20.4. The molecule has 2 heterocycles. The topological polar surface area (TPSA) is 88.8 Å². The van der Waals surface area contributed by atoms with Crippen LogP contribution in [0.2, 0.25) is 0 Å². The molecule has 1 aromatic heterocycles. The van der Waals surface area contributed by atoms with Crippen molar-refractivity contribution in [3.63, 3.8) is 0 Å². The molecule has 7 nitrogen and oxygen atoms in total. The highest BCUT2D eigenvalue weighted by molar-refractivity contribution is 8.18. The van der Waals surface area contributed by atoms with E-state index in [1.807, 2.05) is 24.5 Å². The highest BCUT2D eigenvalue weighted by Gasteiger charge is 2.34. The van der Waals surface area contributed by atoms with Crippen molar-refractivity contribution < 1.29 is 24.2 Å². The SMILES string of the molecule is COCCN1C(=O)S/C(=C/c2cc(C)n(-c3ccc(C(=O)O)cc3)c2C)C1=O. The number of carboxylic acid groups (broad SMARTS) is 1. The standard InChI is InChI=1S/C20H20N2O5S/c1-12-10-15(11-17-18(23)21(8-9-27-3)20(26)28-17)13(2)22(12)16-6-4-14(5-7-16)19(24)25/h4-7,10-11H,8-9H2,1-3H3,(H,24,25)/b17-11+. The van der Waals surface area contributed by atoms with Crippen molar-refractivity contribution in [1.29, 1.82) is 0 Å². The predicted molar refractivity (Wildman–Crippen MR) is 107 cm³/mol. The minimum atomic E-state index is -0.975. The molecule has 0 saturated carbocycles. The molecule has 28 heavy (non-hydrogen) atoms. The fraction of sp³-hybridized carbons (Fsp3) is 0.250. The Balaban J connectivity index is 1.92.